The molecule has 1 aliphatic rings. The summed E-state index contributed by atoms with van der Waals surface area (Å²) in [6, 6.07) is 2.28. The van der Waals surface area contributed by atoms with Crippen LogP contribution < -0.4 is 10.6 Å². The molecule has 0 aliphatic heterocycles. The van der Waals surface area contributed by atoms with Crippen LogP contribution in [0, 0.1) is 11.3 Å². The van der Waals surface area contributed by atoms with Gasteiger partial charge in [0.1, 0.15) is 11.1 Å². The van der Waals surface area contributed by atoms with E-state index in [1.807, 2.05) is 6.07 Å². The second-order valence-electron chi connectivity index (χ2n) is 5.03. The highest BCUT2D eigenvalue weighted by Crippen LogP contribution is 2.27. The van der Waals surface area contributed by atoms with Gasteiger partial charge in [-0.3, -0.25) is 0 Å². The van der Waals surface area contributed by atoms with Crippen LogP contribution >= 0.6 is 11.6 Å². The number of imidazole rings is 1. The summed E-state index contributed by atoms with van der Waals surface area (Å²) in [5.74, 6) is 1.22. The van der Waals surface area contributed by atoms with Crippen molar-refractivity contribution in [1.29, 1.82) is 5.26 Å². The van der Waals surface area contributed by atoms with Crippen LogP contribution in [0.1, 0.15) is 18.7 Å². The van der Waals surface area contributed by atoms with Gasteiger partial charge in [-0.05, 0) is 12.8 Å². The number of nitrogens with zero attached hydrogens (tertiary/aromatic N) is 7. The number of anilines is 3. The maximum absolute atomic E-state index is 8.88. The first-order valence-electron chi connectivity index (χ1n) is 6.90. The summed E-state index contributed by atoms with van der Waals surface area (Å²) in [5.41, 5.74) is 0.647. The molecule has 3 aromatic rings. The molecule has 4 rings (SSSR count). The molecule has 2 N–H and O–H groups in total. The first kappa shape index (κ1) is 13.7. The lowest BCUT2D eigenvalue weighted by molar-refractivity contribution is 0.900. The second-order valence-corrected chi connectivity index (χ2v) is 5.43. The van der Waals surface area contributed by atoms with Gasteiger partial charge in [0, 0.05) is 18.4 Å². The normalized spacial score (nSPS) is 13.7. The monoisotopic (exact) mass is 327 g/mol. The predicted octanol–water partition coefficient (Wildman–Crippen LogP) is 1.76. The Labute approximate surface area is 135 Å². The van der Waals surface area contributed by atoms with Crippen LogP contribution in [0.25, 0.3) is 5.65 Å². The Morgan fingerprint density at radius 1 is 1.26 bits per heavy atom. The number of nitrogens with one attached hydrogen (secondary N) is 2. The largest absolute Gasteiger partial charge is 0.364 e. The van der Waals surface area contributed by atoms with Gasteiger partial charge in [-0.2, -0.15) is 15.2 Å². The lowest BCUT2D eigenvalue weighted by Crippen LogP contribution is -2.10. The minimum Gasteiger partial charge on any atom is -0.364 e. The maximum atomic E-state index is 8.88. The van der Waals surface area contributed by atoms with Gasteiger partial charge in [0.2, 0.25) is 11.8 Å². The predicted molar refractivity (Wildman–Crippen MR) is 82.5 cm³/mol. The van der Waals surface area contributed by atoms with Crippen molar-refractivity contribution in [2.45, 2.75) is 18.9 Å². The van der Waals surface area contributed by atoms with E-state index in [1.165, 1.54) is 6.20 Å². The second kappa shape index (κ2) is 5.33. The highest BCUT2D eigenvalue weighted by molar-refractivity contribution is 6.32. The summed E-state index contributed by atoms with van der Waals surface area (Å²) in [4.78, 5) is 16.5. The molecule has 23 heavy (non-hydrogen) atoms. The highest BCUT2D eigenvalue weighted by Gasteiger charge is 2.23. The lowest BCUT2D eigenvalue weighted by atomic mass is 10.5. The fourth-order valence-electron chi connectivity index (χ4n) is 2.01. The number of hydrogen-bond acceptors (Lipinski definition) is 8. The van der Waals surface area contributed by atoms with Crippen LogP contribution in [0.3, 0.4) is 0 Å². The van der Waals surface area contributed by atoms with E-state index in [1.54, 1.807) is 16.9 Å². The Morgan fingerprint density at radius 3 is 2.91 bits per heavy atom. The summed E-state index contributed by atoms with van der Waals surface area (Å²) in [6.45, 7) is 0. The molecule has 0 unspecified atom stereocenters. The fourth-order valence-corrected chi connectivity index (χ4v) is 2.15. The fraction of sp³-hybridized carbons (Fsp3) is 0.231. The van der Waals surface area contributed by atoms with Gasteiger partial charge < -0.3 is 10.6 Å². The van der Waals surface area contributed by atoms with Crippen molar-refractivity contribution >= 4 is 34.8 Å². The molecular formula is C13H10ClN9. The van der Waals surface area contributed by atoms with Gasteiger partial charge in [-0.15, -0.1) is 5.10 Å². The number of nitriles is 1. The molecule has 0 bridgehead atoms. The summed E-state index contributed by atoms with van der Waals surface area (Å²) < 4.78 is 1.61. The van der Waals surface area contributed by atoms with Crippen LogP contribution in [0.4, 0.5) is 17.6 Å². The zero-order valence-corrected chi connectivity index (χ0v) is 12.5. The van der Waals surface area contributed by atoms with Crippen molar-refractivity contribution in [1.82, 2.24) is 29.5 Å². The zero-order chi connectivity index (χ0) is 15.8. The SMILES string of the molecule is N#Cc1ncc(Cl)c(Nc2nc(NC3CC3)c3nccn3n2)n1. The van der Waals surface area contributed by atoms with Crippen molar-refractivity contribution in [2.75, 3.05) is 10.6 Å². The van der Waals surface area contributed by atoms with Gasteiger partial charge in [0.05, 0.1) is 6.20 Å². The van der Waals surface area contributed by atoms with E-state index in [-0.39, 0.29) is 16.7 Å². The molecule has 10 heteroatoms. The lowest BCUT2D eigenvalue weighted by Gasteiger charge is -2.09. The van der Waals surface area contributed by atoms with Crippen molar-refractivity contribution in [3.8, 4) is 6.07 Å². The summed E-state index contributed by atoms with van der Waals surface area (Å²) in [5, 5.41) is 19.7. The smallest absolute Gasteiger partial charge is 0.248 e. The Morgan fingerprint density at radius 2 is 2.13 bits per heavy atom. The average molecular weight is 328 g/mol. The summed E-state index contributed by atoms with van der Waals surface area (Å²) >= 11 is 6.05. The number of halogens is 1. The Balaban J connectivity index is 1.72. The topological polar surface area (TPSA) is 117 Å². The van der Waals surface area contributed by atoms with E-state index in [0.29, 0.717) is 23.5 Å². The van der Waals surface area contributed by atoms with E-state index in [4.69, 9.17) is 16.9 Å². The molecule has 0 saturated heterocycles. The minimum absolute atomic E-state index is 0.0111. The van der Waals surface area contributed by atoms with E-state index < -0.39 is 0 Å². The quantitative estimate of drug-likeness (QED) is 0.744. The first-order valence-corrected chi connectivity index (χ1v) is 7.28. The molecule has 9 nitrogen and oxygen atoms in total. The van der Waals surface area contributed by atoms with Crippen molar-refractivity contribution in [3.63, 3.8) is 0 Å². The van der Waals surface area contributed by atoms with Gasteiger partial charge in [-0.1, -0.05) is 11.6 Å². The van der Waals surface area contributed by atoms with Crippen molar-refractivity contribution < 1.29 is 0 Å². The molecule has 0 spiro atoms. The molecule has 3 heterocycles. The standard InChI is InChI=1S/C13H10ClN9/c14-8-6-17-9(5-15)19-10(8)20-13-21-11(18-7-1-2-7)12-16-3-4-23(12)22-13/h3-4,6-7H,1-2H2,(H2,17,18,19,20,21,22). The Hall–Kier alpha value is -2.99. The summed E-state index contributed by atoms with van der Waals surface area (Å²) in [7, 11) is 0. The molecule has 0 amide bonds. The Kier molecular flexibility index (Phi) is 3.17. The molecule has 0 radical (unpaired) electrons. The van der Waals surface area contributed by atoms with Crippen LogP contribution in [0.2, 0.25) is 5.02 Å². The Bertz CT molecular complexity index is 925. The van der Waals surface area contributed by atoms with E-state index in [9.17, 15) is 0 Å². The highest BCUT2D eigenvalue weighted by atomic mass is 35.5. The van der Waals surface area contributed by atoms with Gasteiger partial charge in [0.15, 0.2) is 17.3 Å². The molecule has 1 saturated carbocycles. The molecule has 0 atom stereocenters. The van der Waals surface area contributed by atoms with Crippen molar-refractivity contribution in [2.24, 2.45) is 0 Å². The third-order valence-corrected chi connectivity index (χ3v) is 3.52. The maximum Gasteiger partial charge on any atom is 0.248 e. The minimum atomic E-state index is 0.0111. The molecule has 0 aromatic carbocycles. The van der Waals surface area contributed by atoms with Crippen LogP contribution in [0.5, 0.6) is 0 Å². The van der Waals surface area contributed by atoms with Crippen LogP contribution in [-0.2, 0) is 0 Å². The zero-order valence-electron chi connectivity index (χ0n) is 11.7. The molecule has 1 aliphatic carbocycles. The van der Waals surface area contributed by atoms with Gasteiger partial charge in [-0.25, -0.2) is 14.5 Å². The molecule has 3 aromatic heterocycles. The number of fused-ring (bicyclic) bond motifs is 1. The third kappa shape index (κ3) is 2.72. The third-order valence-electron chi connectivity index (χ3n) is 3.25. The molecule has 114 valence electrons. The first-order chi connectivity index (χ1) is 11.2. The summed E-state index contributed by atoms with van der Waals surface area (Å²) in [6.07, 6.45) is 6.96. The van der Waals surface area contributed by atoms with E-state index >= 15 is 0 Å². The van der Waals surface area contributed by atoms with E-state index in [0.717, 1.165) is 12.8 Å². The molecular weight excluding hydrogens is 318 g/mol. The van der Waals surface area contributed by atoms with E-state index in [2.05, 4.69) is 35.7 Å². The number of aromatic nitrogens is 6. The number of hydrogen-bond donors (Lipinski definition) is 2. The van der Waals surface area contributed by atoms with Crippen LogP contribution in [0.15, 0.2) is 18.6 Å². The average Bonchev–Trinajstić information content (AvgIpc) is 3.23. The van der Waals surface area contributed by atoms with Gasteiger partial charge in [0.25, 0.3) is 0 Å². The molecule has 1 fully saturated rings. The number of rotatable bonds is 4. The van der Waals surface area contributed by atoms with Crippen LogP contribution in [-0.4, -0.2) is 35.6 Å². The van der Waals surface area contributed by atoms with Gasteiger partial charge >= 0.3 is 0 Å². The van der Waals surface area contributed by atoms with Crippen molar-refractivity contribution in [3.05, 3.63) is 29.4 Å².